The van der Waals surface area contributed by atoms with Gasteiger partial charge in [0.15, 0.2) is 5.65 Å². The predicted octanol–water partition coefficient (Wildman–Crippen LogP) is 3.39. The van der Waals surface area contributed by atoms with E-state index in [0.717, 1.165) is 32.8 Å². The second-order valence-electron chi connectivity index (χ2n) is 5.76. The maximum Gasteiger partial charge on any atom is 0.347 e. The van der Waals surface area contributed by atoms with Gasteiger partial charge in [-0.25, -0.2) is 14.3 Å². The minimum Gasteiger partial charge on any atom is -0.256 e. The number of rotatable bonds is 1. The lowest BCUT2D eigenvalue weighted by atomic mass is 10.0. The lowest BCUT2D eigenvalue weighted by Crippen LogP contribution is -2.08. The molecule has 3 aromatic heterocycles. The Bertz CT molecular complexity index is 1280. The molecule has 0 saturated carbocycles. The van der Waals surface area contributed by atoms with Crippen LogP contribution in [0.2, 0.25) is 0 Å². The molecule has 0 aliphatic rings. The molecule has 0 fully saturated rings. The fraction of sp³-hybridized carbons (Fsp3) is 0. The van der Waals surface area contributed by atoms with Gasteiger partial charge in [-0.1, -0.05) is 30.3 Å². The first kappa shape index (κ1) is 13.0. The van der Waals surface area contributed by atoms with E-state index in [9.17, 15) is 4.79 Å². The van der Waals surface area contributed by atoms with E-state index in [0.29, 0.717) is 5.65 Å². The summed E-state index contributed by atoms with van der Waals surface area (Å²) in [5, 5.41) is 9.71. The lowest BCUT2D eigenvalue weighted by Gasteiger charge is -2.06. The van der Waals surface area contributed by atoms with Crippen molar-refractivity contribution in [3.8, 4) is 11.1 Å². The SMILES string of the molecule is O=c1[nH]nc2c3cc(-c4cnc5ccccc5c4)ccc3ccn12. The number of aromatic nitrogens is 4. The summed E-state index contributed by atoms with van der Waals surface area (Å²) in [5.74, 6) is 0. The van der Waals surface area contributed by atoms with Crippen molar-refractivity contribution in [2.45, 2.75) is 0 Å². The van der Waals surface area contributed by atoms with Crippen molar-refractivity contribution < 1.29 is 0 Å². The molecule has 5 nitrogen and oxygen atoms in total. The monoisotopic (exact) mass is 312 g/mol. The molecule has 5 heteroatoms. The maximum absolute atomic E-state index is 11.8. The highest BCUT2D eigenvalue weighted by Crippen LogP contribution is 2.27. The van der Waals surface area contributed by atoms with Gasteiger partial charge in [0.25, 0.3) is 0 Å². The Morgan fingerprint density at radius 3 is 2.79 bits per heavy atom. The summed E-state index contributed by atoms with van der Waals surface area (Å²) in [6.45, 7) is 0. The highest BCUT2D eigenvalue weighted by Gasteiger charge is 2.07. The minimum absolute atomic E-state index is 0.232. The highest BCUT2D eigenvalue weighted by atomic mass is 16.1. The molecule has 0 unspecified atom stereocenters. The summed E-state index contributed by atoms with van der Waals surface area (Å²) in [5.41, 5.74) is 3.46. The topological polar surface area (TPSA) is 63.0 Å². The van der Waals surface area contributed by atoms with Crippen molar-refractivity contribution in [3.63, 3.8) is 0 Å². The molecule has 24 heavy (non-hydrogen) atoms. The first-order valence-corrected chi connectivity index (χ1v) is 7.64. The number of H-pyrrole nitrogens is 1. The number of hydrogen-bond donors (Lipinski definition) is 1. The summed E-state index contributed by atoms with van der Waals surface area (Å²) in [6, 6.07) is 18.2. The smallest absolute Gasteiger partial charge is 0.256 e. The number of hydrogen-bond acceptors (Lipinski definition) is 3. The van der Waals surface area contributed by atoms with Crippen LogP contribution in [0.5, 0.6) is 0 Å². The molecular weight excluding hydrogens is 300 g/mol. The Kier molecular flexibility index (Phi) is 2.58. The Morgan fingerprint density at radius 2 is 1.83 bits per heavy atom. The van der Waals surface area contributed by atoms with E-state index in [1.807, 2.05) is 36.5 Å². The molecule has 0 atom stereocenters. The van der Waals surface area contributed by atoms with Gasteiger partial charge in [-0.2, -0.15) is 5.10 Å². The molecule has 5 aromatic rings. The zero-order chi connectivity index (χ0) is 16.1. The van der Waals surface area contributed by atoms with Crippen molar-refractivity contribution in [1.29, 1.82) is 0 Å². The third-order valence-electron chi connectivity index (χ3n) is 4.33. The average molecular weight is 312 g/mol. The number of fused-ring (bicyclic) bond motifs is 4. The molecule has 0 aliphatic heterocycles. The molecule has 1 N–H and O–H groups in total. The number of nitrogens with one attached hydrogen (secondary N) is 1. The number of benzene rings is 2. The van der Waals surface area contributed by atoms with E-state index < -0.39 is 0 Å². The molecule has 0 aliphatic carbocycles. The van der Waals surface area contributed by atoms with Crippen LogP contribution in [-0.2, 0) is 0 Å². The minimum atomic E-state index is -0.232. The summed E-state index contributed by atoms with van der Waals surface area (Å²) >= 11 is 0. The van der Waals surface area contributed by atoms with E-state index in [1.165, 1.54) is 4.40 Å². The second kappa shape index (κ2) is 4.76. The van der Waals surface area contributed by atoms with Gasteiger partial charge in [0.1, 0.15) is 0 Å². The summed E-state index contributed by atoms with van der Waals surface area (Å²) in [4.78, 5) is 16.3. The molecule has 5 rings (SSSR count). The van der Waals surface area contributed by atoms with Gasteiger partial charge in [0.05, 0.1) is 5.52 Å². The first-order valence-electron chi connectivity index (χ1n) is 7.64. The third kappa shape index (κ3) is 1.85. The Balaban J connectivity index is 1.78. The third-order valence-corrected chi connectivity index (χ3v) is 4.33. The van der Waals surface area contributed by atoms with E-state index in [4.69, 9.17) is 0 Å². The summed E-state index contributed by atoms with van der Waals surface area (Å²) in [7, 11) is 0. The van der Waals surface area contributed by atoms with Gasteiger partial charge in [-0.15, -0.1) is 0 Å². The molecule has 0 radical (unpaired) electrons. The van der Waals surface area contributed by atoms with Gasteiger partial charge in [-0.05, 0) is 35.2 Å². The van der Waals surface area contributed by atoms with E-state index in [1.54, 1.807) is 6.20 Å². The van der Waals surface area contributed by atoms with E-state index in [-0.39, 0.29) is 5.69 Å². The van der Waals surface area contributed by atoms with Crippen LogP contribution >= 0.6 is 0 Å². The summed E-state index contributed by atoms with van der Waals surface area (Å²) < 4.78 is 1.52. The molecule has 0 saturated heterocycles. The molecular formula is C19H12N4O. The van der Waals surface area contributed by atoms with E-state index >= 15 is 0 Å². The Hall–Kier alpha value is -3.47. The lowest BCUT2D eigenvalue weighted by molar-refractivity contribution is 1.02. The normalized spacial score (nSPS) is 11.5. The van der Waals surface area contributed by atoms with Crippen LogP contribution in [0.3, 0.4) is 0 Å². The molecule has 3 heterocycles. The van der Waals surface area contributed by atoms with Crippen LogP contribution in [0.15, 0.2) is 71.8 Å². The number of aromatic amines is 1. The van der Waals surface area contributed by atoms with Crippen LogP contribution in [-0.4, -0.2) is 19.6 Å². The van der Waals surface area contributed by atoms with Crippen molar-refractivity contribution in [2.24, 2.45) is 0 Å². The van der Waals surface area contributed by atoms with E-state index in [2.05, 4.69) is 39.4 Å². The molecule has 0 bridgehead atoms. The fourth-order valence-corrected chi connectivity index (χ4v) is 3.09. The average Bonchev–Trinajstić information content (AvgIpc) is 3.02. The maximum atomic E-state index is 11.8. The summed E-state index contributed by atoms with van der Waals surface area (Å²) in [6.07, 6.45) is 3.61. The molecule has 114 valence electrons. The van der Waals surface area contributed by atoms with Crippen molar-refractivity contribution >= 4 is 27.3 Å². The molecule has 0 spiro atoms. The van der Waals surface area contributed by atoms with Crippen LogP contribution in [0, 0.1) is 0 Å². The van der Waals surface area contributed by atoms with Crippen molar-refractivity contribution in [2.75, 3.05) is 0 Å². The van der Waals surface area contributed by atoms with Crippen molar-refractivity contribution in [3.05, 3.63) is 77.5 Å². The van der Waals surface area contributed by atoms with Crippen LogP contribution in [0.1, 0.15) is 0 Å². The van der Waals surface area contributed by atoms with Crippen LogP contribution < -0.4 is 5.69 Å². The number of pyridine rings is 2. The van der Waals surface area contributed by atoms with Crippen LogP contribution in [0.4, 0.5) is 0 Å². The highest BCUT2D eigenvalue weighted by molar-refractivity contribution is 5.97. The van der Waals surface area contributed by atoms with Crippen molar-refractivity contribution in [1.82, 2.24) is 19.6 Å². The fourth-order valence-electron chi connectivity index (χ4n) is 3.09. The zero-order valence-electron chi connectivity index (χ0n) is 12.6. The van der Waals surface area contributed by atoms with Crippen LogP contribution in [0.25, 0.3) is 38.4 Å². The van der Waals surface area contributed by atoms with Gasteiger partial charge in [0.2, 0.25) is 0 Å². The second-order valence-corrected chi connectivity index (χ2v) is 5.76. The predicted molar refractivity (Wildman–Crippen MR) is 94.1 cm³/mol. The number of para-hydroxylation sites is 1. The van der Waals surface area contributed by atoms with Gasteiger partial charge < -0.3 is 0 Å². The van der Waals surface area contributed by atoms with Gasteiger partial charge >= 0.3 is 5.69 Å². The standard InChI is InChI=1S/C19H12N4O/c24-19-22-21-18-16-10-13(6-5-12(16)7-8-23(18)19)15-9-14-3-1-2-4-17(14)20-11-15/h1-11H,(H,22,24). The largest absolute Gasteiger partial charge is 0.347 e. The van der Waals surface area contributed by atoms with Gasteiger partial charge in [0, 0.05) is 28.7 Å². The first-order chi connectivity index (χ1) is 11.8. The van der Waals surface area contributed by atoms with Gasteiger partial charge in [-0.3, -0.25) is 4.98 Å². The number of nitrogens with zero attached hydrogens (tertiary/aromatic N) is 3. The quantitative estimate of drug-likeness (QED) is 0.516. The zero-order valence-corrected chi connectivity index (χ0v) is 12.6. The molecule has 0 amide bonds. The molecule has 2 aromatic carbocycles. The Morgan fingerprint density at radius 1 is 0.917 bits per heavy atom. The Labute approximate surface area is 136 Å².